The molecule has 1 N–H and O–H groups in total. The van der Waals surface area contributed by atoms with Crippen LogP contribution in [0, 0.1) is 0 Å². The van der Waals surface area contributed by atoms with Crippen molar-refractivity contribution in [2.45, 2.75) is 31.3 Å². The molecule has 9 heavy (non-hydrogen) atoms. The quantitative estimate of drug-likeness (QED) is 0.613. The molecule has 1 saturated carbocycles. The normalized spacial score (nSPS) is 22.0. The molecule has 0 aromatic heterocycles. The van der Waals surface area contributed by atoms with Crippen LogP contribution in [-0.4, -0.2) is 24.4 Å². The van der Waals surface area contributed by atoms with Crippen molar-refractivity contribution < 1.29 is 9.84 Å². The maximum atomic E-state index is 8.50. The molecule has 2 nitrogen and oxygen atoms in total. The summed E-state index contributed by atoms with van der Waals surface area (Å²) in [5.74, 6) is 0. The number of rotatable bonds is 4. The van der Waals surface area contributed by atoms with Crippen LogP contribution in [0.4, 0.5) is 0 Å². The lowest BCUT2D eigenvalue weighted by Crippen LogP contribution is -2.11. The van der Waals surface area contributed by atoms with E-state index >= 15 is 0 Å². The summed E-state index contributed by atoms with van der Waals surface area (Å²) in [7, 11) is 1.75. The van der Waals surface area contributed by atoms with E-state index in [1.54, 1.807) is 7.11 Å². The Labute approximate surface area is 55.8 Å². The van der Waals surface area contributed by atoms with Crippen LogP contribution in [0.5, 0.6) is 0 Å². The number of hydrogen-bond acceptors (Lipinski definition) is 2. The number of ether oxygens (including phenoxy) is 1. The first kappa shape index (κ1) is 7.03. The van der Waals surface area contributed by atoms with Gasteiger partial charge in [0.2, 0.25) is 0 Å². The fraction of sp³-hybridized carbons (Fsp3) is 1.00. The summed E-state index contributed by atoms with van der Waals surface area (Å²) < 4.78 is 5.24. The van der Waals surface area contributed by atoms with Gasteiger partial charge in [-0.2, -0.15) is 0 Å². The van der Waals surface area contributed by atoms with Gasteiger partial charge in [-0.25, -0.2) is 0 Å². The number of methoxy groups -OCH3 is 1. The summed E-state index contributed by atoms with van der Waals surface area (Å²) in [6.45, 7) is 0.297. The molecule has 0 aromatic carbocycles. The molecule has 0 spiro atoms. The Hall–Kier alpha value is -0.0800. The summed E-state index contributed by atoms with van der Waals surface area (Å²) in [6.07, 6.45) is 4.28. The van der Waals surface area contributed by atoms with Gasteiger partial charge in [-0.05, 0) is 25.7 Å². The predicted octanol–water partition coefficient (Wildman–Crippen LogP) is 0.938. The lowest BCUT2D eigenvalue weighted by molar-refractivity contribution is 0.0661. The van der Waals surface area contributed by atoms with Gasteiger partial charge in [0.1, 0.15) is 0 Å². The molecule has 2 heteroatoms. The molecule has 1 aliphatic carbocycles. The van der Waals surface area contributed by atoms with Gasteiger partial charge >= 0.3 is 0 Å². The second-order valence-electron chi connectivity index (χ2n) is 2.71. The zero-order valence-electron chi connectivity index (χ0n) is 5.89. The Morgan fingerprint density at radius 3 is 2.56 bits per heavy atom. The predicted molar refractivity (Wildman–Crippen MR) is 35.3 cm³/mol. The molecule has 0 amide bonds. The zero-order chi connectivity index (χ0) is 6.74. The van der Waals surface area contributed by atoms with E-state index in [1.165, 1.54) is 12.8 Å². The van der Waals surface area contributed by atoms with E-state index in [4.69, 9.17) is 9.84 Å². The lowest BCUT2D eigenvalue weighted by Gasteiger charge is -2.10. The molecular formula is C7H14O2. The third-order valence-electron chi connectivity index (χ3n) is 2.03. The van der Waals surface area contributed by atoms with Crippen molar-refractivity contribution in [3.05, 3.63) is 0 Å². The Morgan fingerprint density at radius 2 is 2.22 bits per heavy atom. The van der Waals surface area contributed by atoms with Crippen molar-refractivity contribution in [1.29, 1.82) is 0 Å². The Bertz CT molecular complexity index is 86.9. The van der Waals surface area contributed by atoms with E-state index < -0.39 is 0 Å². The third kappa shape index (κ3) is 1.66. The average Bonchev–Trinajstić information content (AvgIpc) is 2.65. The molecule has 0 unspecified atom stereocenters. The van der Waals surface area contributed by atoms with E-state index in [2.05, 4.69) is 0 Å². The highest BCUT2D eigenvalue weighted by Crippen LogP contribution is 2.42. The monoisotopic (exact) mass is 130 g/mol. The van der Waals surface area contributed by atoms with Gasteiger partial charge in [-0.3, -0.25) is 0 Å². The summed E-state index contributed by atoms with van der Waals surface area (Å²) in [5.41, 5.74) is 0.183. The molecule has 0 saturated heterocycles. The first-order valence-electron chi connectivity index (χ1n) is 3.49. The molecular weight excluding hydrogens is 116 g/mol. The highest BCUT2D eigenvalue weighted by Gasteiger charge is 2.41. The van der Waals surface area contributed by atoms with Gasteiger partial charge in [-0.15, -0.1) is 0 Å². The van der Waals surface area contributed by atoms with Gasteiger partial charge < -0.3 is 9.84 Å². The lowest BCUT2D eigenvalue weighted by atomic mass is 10.2. The molecule has 1 rings (SSSR count). The fourth-order valence-electron chi connectivity index (χ4n) is 1.10. The second kappa shape index (κ2) is 2.67. The molecule has 0 bridgehead atoms. The van der Waals surface area contributed by atoms with E-state index in [9.17, 15) is 0 Å². The average molecular weight is 130 g/mol. The van der Waals surface area contributed by atoms with Crippen LogP contribution in [0.3, 0.4) is 0 Å². The highest BCUT2D eigenvalue weighted by molar-refractivity contribution is 4.94. The van der Waals surface area contributed by atoms with Crippen LogP contribution in [0.15, 0.2) is 0 Å². The number of aliphatic hydroxyl groups is 1. The molecule has 1 aliphatic rings. The van der Waals surface area contributed by atoms with Crippen molar-refractivity contribution in [2.75, 3.05) is 13.7 Å². The summed E-state index contributed by atoms with van der Waals surface area (Å²) in [4.78, 5) is 0. The minimum Gasteiger partial charge on any atom is -0.396 e. The van der Waals surface area contributed by atoms with E-state index in [-0.39, 0.29) is 5.60 Å². The van der Waals surface area contributed by atoms with E-state index in [1.807, 2.05) is 0 Å². The van der Waals surface area contributed by atoms with Gasteiger partial charge in [0.15, 0.2) is 0 Å². The van der Waals surface area contributed by atoms with Crippen LogP contribution in [0.25, 0.3) is 0 Å². The van der Waals surface area contributed by atoms with Crippen molar-refractivity contribution >= 4 is 0 Å². The standard InChI is InChI=1S/C7H14O2/c1-9-7(4-5-7)3-2-6-8/h8H,2-6H2,1H3. The van der Waals surface area contributed by atoms with Crippen LogP contribution in [-0.2, 0) is 4.74 Å². The van der Waals surface area contributed by atoms with Crippen molar-refractivity contribution in [3.63, 3.8) is 0 Å². The van der Waals surface area contributed by atoms with Gasteiger partial charge in [0.05, 0.1) is 5.60 Å². The summed E-state index contributed by atoms with van der Waals surface area (Å²) >= 11 is 0. The van der Waals surface area contributed by atoms with Gasteiger partial charge in [-0.1, -0.05) is 0 Å². The maximum absolute atomic E-state index is 8.50. The van der Waals surface area contributed by atoms with Gasteiger partial charge in [0, 0.05) is 13.7 Å². The second-order valence-corrected chi connectivity index (χ2v) is 2.71. The van der Waals surface area contributed by atoms with Crippen molar-refractivity contribution in [1.82, 2.24) is 0 Å². The van der Waals surface area contributed by atoms with Crippen LogP contribution < -0.4 is 0 Å². The van der Waals surface area contributed by atoms with Crippen LogP contribution >= 0.6 is 0 Å². The van der Waals surface area contributed by atoms with Crippen molar-refractivity contribution in [2.24, 2.45) is 0 Å². The zero-order valence-corrected chi connectivity index (χ0v) is 5.89. The minimum atomic E-state index is 0.183. The van der Waals surface area contributed by atoms with E-state index in [0.29, 0.717) is 6.61 Å². The van der Waals surface area contributed by atoms with Gasteiger partial charge in [0.25, 0.3) is 0 Å². The van der Waals surface area contributed by atoms with Crippen LogP contribution in [0.2, 0.25) is 0 Å². The highest BCUT2D eigenvalue weighted by atomic mass is 16.5. The molecule has 0 atom stereocenters. The first-order chi connectivity index (χ1) is 4.33. The largest absolute Gasteiger partial charge is 0.396 e. The summed E-state index contributed by atoms with van der Waals surface area (Å²) in [6, 6.07) is 0. The molecule has 1 fully saturated rings. The summed E-state index contributed by atoms with van der Waals surface area (Å²) in [5, 5.41) is 8.50. The Morgan fingerprint density at radius 1 is 1.56 bits per heavy atom. The smallest absolute Gasteiger partial charge is 0.0681 e. The Balaban J connectivity index is 2.10. The molecule has 0 heterocycles. The fourth-order valence-corrected chi connectivity index (χ4v) is 1.10. The van der Waals surface area contributed by atoms with E-state index in [0.717, 1.165) is 12.8 Å². The molecule has 0 aliphatic heterocycles. The first-order valence-corrected chi connectivity index (χ1v) is 3.49. The molecule has 0 aromatic rings. The Kier molecular flexibility index (Phi) is 2.09. The SMILES string of the molecule is COC1(CCCO)CC1. The number of hydrogen-bond donors (Lipinski definition) is 1. The van der Waals surface area contributed by atoms with Crippen LogP contribution in [0.1, 0.15) is 25.7 Å². The molecule has 0 radical (unpaired) electrons. The topological polar surface area (TPSA) is 29.5 Å². The maximum Gasteiger partial charge on any atom is 0.0681 e. The number of aliphatic hydroxyl groups excluding tert-OH is 1. The molecule has 54 valence electrons. The minimum absolute atomic E-state index is 0.183. The third-order valence-corrected chi connectivity index (χ3v) is 2.03. The van der Waals surface area contributed by atoms with Crippen molar-refractivity contribution in [3.8, 4) is 0 Å².